The smallest absolute Gasteiger partial charge is 0.0618 e. The van der Waals surface area contributed by atoms with Gasteiger partial charge in [0.15, 0.2) is 0 Å². The van der Waals surface area contributed by atoms with Gasteiger partial charge in [-0.1, -0.05) is 196 Å². The lowest BCUT2D eigenvalue weighted by Crippen LogP contribution is -2.31. The number of hydrogen-bond donors (Lipinski definition) is 0. The van der Waals surface area contributed by atoms with Gasteiger partial charge in [0.1, 0.15) is 0 Å². The second-order valence-electron chi connectivity index (χ2n) is 16.5. The average Bonchev–Trinajstić information content (AvgIpc) is 3.32. The summed E-state index contributed by atoms with van der Waals surface area (Å²) in [6.07, 6.45) is 0. The highest BCUT2D eigenvalue weighted by molar-refractivity contribution is 6.11. The number of para-hydroxylation sites is 2. The maximum atomic E-state index is 2.56. The first-order valence-electron chi connectivity index (χ1n) is 21.2. The number of hydrogen-bond acceptors (Lipinski definition) is 2. The molecule has 0 atom stereocenters. The Balaban J connectivity index is 1.08. The monoisotopic (exact) mass is 780 g/mol. The first kappa shape index (κ1) is 36.4. The van der Waals surface area contributed by atoms with Crippen molar-refractivity contribution in [3.05, 3.63) is 242 Å². The van der Waals surface area contributed by atoms with Crippen molar-refractivity contribution in [2.75, 3.05) is 9.80 Å². The fourth-order valence-corrected chi connectivity index (χ4v) is 9.75. The van der Waals surface area contributed by atoms with Gasteiger partial charge < -0.3 is 9.80 Å². The third kappa shape index (κ3) is 6.19. The molecular weight excluding hydrogens is 737 g/mol. The van der Waals surface area contributed by atoms with Crippen molar-refractivity contribution in [1.29, 1.82) is 0 Å². The van der Waals surface area contributed by atoms with Crippen LogP contribution in [-0.4, -0.2) is 0 Å². The van der Waals surface area contributed by atoms with Crippen LogP contribution in [0, 0.1) is 0 Å². The molecule has 61 heavy (non-hydrogen) atoms. The van der Waals surface area contributed by atoms with E-state index in [1.165, 1.54) is 83.1 Å². The van der Waals surface area contributed by atoms with Gasteiger partial charge in [0, 0.05) is 33.4 Å². The Hall–Kier alpha value is -7.68. The Morgan fingerprint density at radius 2 is 0.852 bits per heavy atom. The molecule has 0 amide bonds. The van der Waals surface area contributed by atoms with Crippen molar-refractivity contribution < 1.29 is 0 Å². The maximum Gasteiger partial charge on any atom is 0.0618 e. The number of anilines is 6. The zero-order valence-electron chi connectivity index (χ0n) is 34.3. The van der Waals surface area contributed by atoms with Crippen LogP contribution in [0.3, 0.4) is 0 Å². The van der Waals surface area contributed by atoms with E-state index in [0.717, 1.165) is 17.1 Å². The van der Waals surface area contributed by atoms with E-state index < -0.39 is 0 Å². The zero-order valence-corrected chi connectivity index (χ0v) is 34.3. The molecule has 0 saturated carbocycles. The summed E-state index contributed by atoms with van der Waals surface area (Å²) in [5, 5.41) is 4.93. The molecule has 10 aromatic rings. The molecule has 290 valence electrons. The number of benzene rings is 10. The molecule has 0 bridgehead atoms. The van der Waals surface area contributed by atoms with Crippen LogP contribution in [0.4, 0.5) is 34.1 Å². The molecular formula is C59H44N2. The Morgan fingerprint density at radius 1 is 0.344 bits per heavy atom. The highest BCUT2D eigenvalue weighted by atomic mass is 15.2. The molecule has 2 nitrogen and oxygen atoms in total. The van der Waals surface area contributed by atoms with Crippen molar-refractivity contribution in [3.63, 3.8) is 0 Å². The molecule has 1 aliphatic rings. The minimum absolute atomic E-state index is 0.293. The summed E-state index contributed by atoms with van der Waals surface area (Å²) >= 11 is 0. The fraction of sp³-hybridized carbons (Fsp3) is 0.0508. The van der Waals surface area contributed by atoms with Crippen molar-refractivity contribution >= 4 is 55.7 Å². The SMILES string of the molecule is CC1(C)c2ccccc2N(c2c(-c3cccc4ccccc34)ccc3ccccc23)c2cccc(-c3ccc(N(c4ccccc4)c4ccc(-c5ccccc5)cc4)cc3)c21. The summed E-state index contributed by atoms with van der Waals surface area (Å²) < 4.78 is 0. The van der Waals surface area contributed by atoms with E-state index in [-0.39, 0.29) is 5.41 Å². The second-order valence-corrected chi connectivity index (χ2v) is 16.5. The Bertz CT molecular complexity index is 3200. The van der Waals surface area contributed by atoms with Gasteiger partial charge in [0.05, 0.1) is 17.1 Å². The number of fused-ring (bicyclic) bond motifs is 4. The summed E-state index contributed by atoms with van der Waals surface area (Å²) in [5.74, 6) is 0. The minimum atomic E-state index is -0.293. The van der Waals surface area contributed by atoms with Gasteiger partial charge >= 0.3 is 0 Å². The predicted molar refractivity (Wildman–Crippen MR) is 259 cm³/mol. The van der Waals surface area contributed by atoms with E-state index in [9.17, 15) is 0 Å². The van der Waals surface area contributed by atoms with Gasteiger partial charge in [-0.25, -0.2) is 0 Å². The highest BCUT2D eigenvalue weighted by Crippen LogP contribution is 2.57. The third-order valence-corrected chi connectivity index (χ3v) is 12.6. The van der Waals surface area contributed by atoms with Crippen molar-refractivity contribution in [2.24, 2.45) is 0 Å². The maximum absolute atomic E-state index is 2.56. The molecule has 0 spiro atoms. The van der Waals surface area contributed by atoms with E-state index in [4.69, 9.17) is 0 Å². The first-order chi connectivity index (χ1) is 30.0. The Morgan fingerprint density at radius 3 is 1.59 bits per heavy atom. The van der Waals surface area contributed by atoms with E-state index in [0.29, 0.717) is 0 Å². The Kier molecular flexibility index (Phi) is 8.86. The molecule has 0 saturated heterocycles. The lowest BCUT2D eigenvalue weighted by Gasteiger charge is -2.44. The molecule has 10 aromatic carbocycles. The van der Waals surface area contributed by atoms with Gasteiger partial charge in [-0.3, -0.25) is 0 Å². The van der Waals surface area contributed by atoms with E-state index in [2.05, 4.69) is 254 Å². The van der Waals surface area contributed by atoms with Crippen LogP contribution < -0.4 is 9.80 Å². The van der Waals surface area contributed by atoms with Crippen LogP contribution in [0.25, 0.3) is 54.9 Å². The number of rotatable bonds is 7. The standard InChI is InChI=1S/C59H44N2/c1-59(2)54-28-13-14-29-55(54)61(58-51-25-12-10-20-44(51)35-40-53(58)52-27-15-21-43-19-9-11-24-49(43)52)56-30-16-26-50(57(56)59)45-33-38-48(39-34-45)60(46-22-7-4-8-23-46)47-36-31-42(32-37-47)41-17-5-3-6-18-41/h3-40H,1-2H3. The van der Waals surface area contributed by atoms with Crippen molar-refractivity contribution in [3.8, 4) is 33.4 Å². The van der Waals surface area contributed by atoms with Gasteiger partial charge in [-0.05, 0) is 104 Å². The average molecular weight is 781 g/mol. The molecule has 2 heteroatoms. The van der Waals surface area contributed by atoms with Gasteiger partial charge in [0.25, 0.3) is 0 Å². The van der Waals surface area contributed by atoms with E-state index in [1.807, 2.05) is 0 Å². The first-order valence-corrected chi connectivity index (χ1v) is 21.2. The molecule has 1 aliphatic heterocycles. The molecule has 0 aliphatic carbocycles. The van der Waals surface area contributed by atoms with Gasteiger partial charge in [-0.15, -0.1) is 0 Å². The van der Waals surface area contributed by atoms with Crippen molar-refractivity contribution in [2.45, 2.75) is 19.3 Å². The van der Waals surface area contributed by atoms with E-state index in [1.54, 1.807) is 0 Å². The second kappa shape index (κ2) is 14.9. The van der Waals surface area contributed by atoms with Crippen LogP contribution in [0.2, 0.25) is 0 Å². The van der Waals surface area contributed by atoms with E-state index >= 15 is 0 Å². The highest BCUT2D eigenvalue weighted by Gasteiger charge is 2.40. The summed E-state index contributed by atoms with van der Waals surface area (Å²) in [5.41, 5.74) is 16.5. The lowest BCUT2D eigenvalue weighted by molar-refractivity contribution is 0.634. The molecule has 0 fully saturated rings. The molecule has 0 N–H and O–H groups in total. The summed E-state index contributed by atoms with van der Waals surface area (Å²) in [4.78, 5) is 4.90. The third-order valence-electron chi connectivity index (χ3n) is 12.6. The van der Waals surface area contributed by atoms with Gasteiger partial charge in [0.2, 0.25) is 0 Å². The summed E-state index contributed by atoms with van der Waals surface area (Å²) in [7, 11) is 0. The largest absolute Gasteiger partial charge is 0.311 e. The minimum Gasteiger partial charge on any atom is -0.311 e. The fourth-order valence-electron chi connectivity index (χ4n) is 9.75. The lowest BCUT2D eigenvalue weighted by atomic mass is 9.70. The van der Waals surface area contributed by atoms with Crippen LogP contribution >= 0.6 is 0 Å². The van der Waals surface area contributed by atoms with Gasteiger partial charge in [-0.2, -0.15) is 0 Å². The summed E-state index contributed by atoms with van der Waals surface area (Å²) in [6.45, 7) is 4.79. The topological polar surface area (TPSA) is 6.48 Å². The normalized spacial score (nSPS) is 12.9. The van der Waals surface area contributed by atoms with Crippen molar-refractivity contribution in [1.82, 2.24) is 0 Å². The molecule has 1 heterocycles. The quantitative estimate of drug-likeness (QED) is 0.159. The van der Waals surface area contributed by atoms with Crippen LogP contribution in [0.5, 0.6) is 0 Å². The Labute approximate surface area is 358 Å². The zero-order chi connectivity index (χ0) is 40.9. The summed E-state index contributed by atoms with van der Waals surface area (Å²) in [6, 6.07) is 84.1. The number of nitrogens with zero attached hydrogens (tertiary/aromatic N) is 2. The van der Waals surface area contributed by atoms with Crippen LogP contribution in [0.1, 0.15) is 25.0 Å². The molecule has 11 rings (SSSR count). The predicted octanol–water partition coefficient (Wildman–Crippen LogP) is 16.6. The molecule has 0 aromatic heterocycles. The van der Waals surface area contributed by atoms with Crippen LogP contribution in [0.15, 0.2) is 231 Å². The molecule has 0 radical (unpaired) electrons. The molecule has 0 unspecified atom stereocenters. The van der Waals surface area contributed by atoms with Crippen LogP contribution in [-0.2, 0) is 5.41 Å².